The summed E-state index contributed by atoms with van der Waals surface area (Å²) in [6, 6.07) is 0. The lowest BCUT2D eigenvalue weighted by molar-refractivity contribution is -0.153. The molecule has 0 aromatic heterocycles. The summed E-state index contributed by atoms with van der Waals surface area (Å²) in [5.74, 6) is -0.828. The Balaban J connectivity index is 3.61. The number of aliphatic carboxylic acids is 1. The summed E-state index contributed by atoms with van der Waals surface area (Å²) in [6.07, 6.45) is -0.776. The predicted molar refractivity (Wildman–Crippen MR) is 48.3 cm³/mol. The van der Waals surface area contributed by atoms with Gasteiger partial charge >= 0.3 is 5.97 Å². The summed E-state index contributed by atoms with van der Waals surface area (Å²) in [6.45, 7) is 4.11. The molecule has 0 saturated heterocycles. The van der Waals surface area contributed by atoms with Crippen LogP contribution in [0.25, 0.3) is 0 Å². The van der Waals surface area contributed by atoms with E-state index in [-0.39, 0.29) is 0 Å². The van der Waals surface area contributed by atoms with E-state index in [1.165, 1.54) is 0 Å². The molecule has 4 nitrogen and oxygen atoms in total. The fourth-order valence-electron chi connectivity index (χ4n) is 1.06. The van der Waals surface area contributed by atoms with Crippen LogP contribution >= 0.6 is 0 Å². The normalized spacial score (nSPS) is 15.8. The van der Waals surface area contributed by atoms with E-state index in [0.717, 1.165) is 12.8 Å². The van der Waals surface area contributed by atoms with Crippen LogP contribution in [0.4, 0.5) is 0 Å². The third-order valence-electron chi connectivity index (χ3n) is 1.90. The third kappa shape index (κ3) is 5.60. The highest BCUT2D eigenvalue weighted by Gasteiger charge is 2.22. The van der Waals surface area contributed by atoms with E-state index in [1.54, 1.807) is 0 Å². The molecule has 0 aromatic rings. The van der Waals surface area contributed by atoms with Gasteiger partial charge in [0.1, 0.15) is 0 Å². The zero-order chi connectivity index (χ0) is 10.4. The van der Waals surface area contributed by atoms with Crippen molar-refractivity contribution in [2.24, 2.45) is 5.92 Å². The van der Waals surface area contributed by atoms with Gasteiger partial charge in [0.05, 0.1) is 6.10 Å². The Labute approximate surface area is 78.2 Å². The monoisotopic (exact) mass is 190 g/mol. The lowest BCUT2D eigenvalue weighted by Crippen LogP contribution is -2.33. The number of aliphatic hydroxyl groups is 2. The molecule has 2 atom stereocenters. The zero-order valence-electron chi connectivity index (χ0n) is 8.10. The Morgan fingerprint density at radius 3 is 2.15 bits per heavy atom. The molecule has 3 N–H and O–H groups in total. The molecule has 0 aliphatic rings. The maximum atomic E-state index is 10.2. The molecule has 0 saturated carbocycles. The van der Waals surface area contributed by atoms with Crippen molar-refractivity contribution in [1.29, 1.82) is 0 Å². The number of carbonyl (C=O) groups is 1. The number of carboxylic acid groups (broad SMARTS) is 1. The first-order valence-electron chi connectivity index (χ1n) is 4.54. The second-order valence-electron chi connectivity index (χ2n) is 3.68. The van der Waals surface area contributed by atoms with Gasteiger partial charge in [-0.25, -0.2) is 4.79 Å². The molecular weight excluding hydrogens is 172 g/mol. The lowest BCUT2D eigenvalue weighted by Gasteiger charge is -2.14. The topological polar surface area (TPSA) is 77.8 Å². The Hall–Kier alpha value is -0.610. The SMILES string of the molecule is CC(C)CCCC(O)C(O)C(=O)O. The van der Waals surface area contributed by atoms with Gasteiger partial charge < -0.3 is 15.3 Å². The molecule has 0 amide bonds. The molecule has 2 unspecified atom stereocenters. The summed E-state index contributed by atoms with van der Waals surface area (Å²) in [5, 5.41) is 26.4. The first-order chi connectivity index (χ1) is 5.95. The predicted octanol–water partition coefficient (Wildman–Crippen LogP) is 0.619. The maximum Gasteiger partial charge on any atom is 0.335 e. The molecule has 0 bridgehead atoms. The maximum absolute atomic E-state index is 10.2. The highest BCUT2D eigenvalue weighted by atomic mass is 16.4. The van der Waals surface area contributed by atoms with Gasteiger partial charge in [-0.05, 0) is 12.3 Å². The van der Waals surface area contributed by atoms with Crippen LogP contribution in [0.5, 0.6) is 0 Å². The molecule has 0 radical (unpaired) electrons. The van der Waals surface area contributed by atoms with Gasteiger partial charge in [-0.1, -0.05) is 26.7 Å². The Morgan fingerprint density at radius 2 is 1.77 bits per heavy atom. The minimum Gasteiger partial charge on any atom is -0.479 e. The molecule has 0 rings (SSSR count). The van der Waals surface area contributed by atoms with Crippen LogP contribution in [0.15, 0.2) is 0 Å². The zero-order valence-corrected chi connectivity index (χ0v) is 8.10. The van der Waals surface area contributed by atoms with Crippen molar-refractivity contribution >= 4 is 5.97 Å². The fraction of sp³-hybridized carbons (Fsp3) is 0.889. The molecule has 13 heavy (non-hydrogen) atoms. The van der Waals surface area contributed by atoms with Crippen molar-refractivity contribution in [3.63, 3.8) is 0 Å². The van der Waals surface area contributed by atoms with Gasteiger partial charge in [0, 0.05) is 0 Å². The summed E-state index contributed by atoms with van der Waals surface area (Å²) in [7, 11) is 0. The smallest absolute Gasteiger partial charge is 0.335 e. The van der Waals surface area contributed by atoms with E-state index >= 15 is 0 Å². The van der Waals surface area contributed by atoms with Crippen LogP contribution in [-0.2, 0) is 4.79 Å². The molecule has 78 valence electrons. The van der Waals surface area contributed by atoms with E-state index in [4.69, 9.17) is 10.2 Å². The summed E-state index contributed by atoms with van der Waals surface area (Å²) in [5.41, 5.74) is 0. The van der Waals surface area contributed by atoms with E-state index < -0.39 is 18.2 Å². The van der Waals surface area contributed by atoms with Crippen molar-refractivity contribution in [1.82, 2.24) is 0 Å². The van der Waals surface area contributed by atoms with Gasteiger partial charge in [-0.2, -0.15) is 0 Å². The molecule has 0 heterocycles. The Bertz CT molecular complexity index is 156. The van der Waals surface area contributed by atoms with Crippen molar-refractivity contribution < 1.29 is 20.1 Å². The molecule has 0 aromatic carbocycles. The number of aliphatic hydroxyl groups excluding tert-OH is 2. The van der Waals surface area contributed by atoms with E-state index in [9.17, 15) is 9.90 Å². The molecular formula is C9H18O4. The summed E-state index contributed by atoms with van der Waals surface area (Å²) >= 11 is 0. The van der Waals surface area contributed by atoms with Gasteiger partial charge in [-0.3, -0.25) is 0 Å². The van der Waals surface area contributed by atoms with Crippen LogP contribution in [-0.4, -0.2) is 33.5 Å². The molecule has 0 fully saturated rings. The molecule has 0 aliphatic carbocycles. The van der Waals surface area contributed by atoms with Gasteiger partial charge in [0.25, 0.3) is 0 Å². The summed E-state index contributed by atoms with van der Waals surface area (Å²) < 4.78 is 0. The summed E-state index contributed by atoms with van der Waals surface area (Å²) in [4.78, 5) is 10.2. The van der Waals surface area contributed by atoms with Gasteiger partial charge in [0.2, 0.25) is 0 Å². The van der Waals surface area contributed by atoms with E-state index in [2.05, 4.69) is 13.8 Å². The van der Waals surface area contributed by atoms with Crippen LogP contribution in [0.3, 0.4) is 0 Å². The van der Waals surface area contributed by atoms with E-state index in [1.807, 2.05) is 0 Å². The average Bonchev–Trinajstić information content (AvgIpc) is 2.02. The lowest BCUT2D eigenvalue weighted by atomic mass is 10.0. The third-order valence-corrected chi connectivity index (χ3v) is 1.90. The van der Waals surface area contributed by atoms with Crippen molar-refractivity contribution in [3.05, 3.63) is 0 Å². The van der Waals surface area contributed by atoms with Crippen molar-refractivity contribution in [2.45, 2.75) is 45.3 Å². The minimum absolute atomic E-state index is 0.339. The van der Waals surface area contributed by atoms with Crippen molar-refractivity contribution in [3.8, 4) is 0 Å². The average molecular weight is 190 g/mol. The number of rotatable bonds is 6. The van der Waals surface area contributed by atoms with Crippen molar-refractivity contribution in [2.75, 3.05) is 0 Å². The number of hydrogen-bond donors (Lipinski definition) is 3. The standard InChI is InChI=1S/C9H18O4/c1-6(2)4-3-5-7(10)8(11)9(12)13/h6-8,10-11H,3-5H2,1-2H3,(H,12,13). The van der Waals surface area contributed by atoms with Gasteiger partial charge in [-0.15, -0.1) is 0 Å². The molecule has 4 heteroatoms. The highest BCUT2D eigenvalue weighted by molar-refractivity contribution is 5.72. The van der Waals surface area contributed by atoms with Crippen LogP contribution < -0.4 is 0 Å². The largest absolute Gasteiger partial charge is 0.479 e. The Morgan fingerprint density at radius 1 is 1.23 bits per heavy atom. The molecule has 0 aliphatic heterocycles. The second kappa shape index (κ2) is 5.94. The first-order valence-corrected chi connectivity index (χ1v) is 4.54. The Kier molecular flexibility index (Phi) is 5.66. The number of hydrogen-bond acceptors (Lipinski definition) is 3. The van der Waals surface area contributed by atoms with E-state index in [0.29, 0.717) is 12.3 Å². The molecule has 0 spiro atoms. The second-order valence-corrected chi connectivity index (χ2v) is 3.68. The minimum atomic E-state index is -1.65. The van der Waals surface area contributed by atoms with Gasteiger partial charge in [0.15, 0.2) is 6.10 Å². The van der Waals surface area contributed by atoms with Crippen LogP contribution in [0.2, 0.25) is 0 Å². The first kappa shape index (κ1) is 12.4. The highest BCUT2D eigenvalue weighted by Crippen LogP contribution is 2.10. The quantitative estimate of drug-likeness (QED) is 0.573. The number of carboxylic acids is 1. The van der Waals surface area contributed by atoms with Crippen LogP contribution in [0.1, 0.15) is 33.1 Å². The van der Waals surface area contributed by atoms with Crippen LogP contribution in [0, 0.1) is 5.92 Å². The fourth-order valence-corrected chi connectivity index (χ4v) is 1.06.